The van der Waals surface area contributed by atoms with E-state index in [2.05, 4.69) is 22.6 Å². The molecule has 3 N–H and O–H groups in total. The molecule has 1 aliphatic rings. The van der Waals surface area contributed by atoms with Gasteiger partial charge in [-0.05, 0) is 0 Å². The summed E-state index contributed by atoms with van der Waals surface area (Å²) in [4.78, 5) is 0. The summed E-state index contributed by atoms with van der Waals surface area (Å²) in [5.74, 6) is 0.151. The monoisotopic (exact) mass is 285 g/mol. The molecule has 0 aromatic heterocycles. The van der Waals surface area contributed by atoms with Crippen molar-refractivity contribution in [3.05, 3.63) is 11.5 Å². The van der Waals surface area contributed by atoms with Crippen molar-refractivity contribution >= 4 is 22.6 Å². The zero-order valence-electron chi connectivity index (χ0n) is 6.79. The SMILES string of the molecule is CO[C@H]1CC(N)=C(O)C(CI)O1. The van der Waals surface area contributed by atoms with E-state index in [0.717, 1.165) is 0 Å². The molecule has 0 saturated carbocycles. The predicted octanol–water partition coefficient (Wildman–Crippen LogP) is 0.911. The summed E-state index contributed by atoms with van der Waals surface area (Å²) in [5, 5.41) is 9.42. The molecule has 70 valence electrons. The van der Waals surface area contributed by atoms with E-state index in [4.69, 9.17) is 15.2 Å². The Morgan fingerprint density at radius 1 is 1.83 bits per heavy atom. The number of aliphatic hydroxyl groups is 1. The second-order valence-corrected chi connectivity index (χ2v) is 3.44. The second kappa shape index (κ2) is 4.29. The minimum absolute atomic E-state index is 0.151. The highest BCUT2D eigenvalue weighted by Crippen LogP contribution is 2.22. The fourth-order valence-electron chi connectivity index (χ4n) is 1.04. The Hall–Kier alpha value is -0.01000. The summed E-state index contributed by atoms with van der Waals surface area (Å²) >= 11 is 2.13. The summed E-state index contributed by atoms with van der Waals surface area (Å²) in [7, 11) is 1.56. The molecule has 1 aliphatic heterocycles. The van der Waals surface area contributed by atoms with E-state index >= 15 is 0 Å². The molecule has 5 heteroatoms. The van der Waals surface area contributed by atoms with Crippen LogP contribution in [0.2, 0.25) is 0 Å². The number of hydrogen-bond acceptors (Lipinski definition) is 4. The number of ether oxygens (including phenoxy) is 2. The third kappa shape index (κ3) is 2.02. The van der Waals surface area contributed by atoms with E-state index in [0.29, 0.717) is 16.5 Å². The zero-order chi connectivity index (χ0) is 9.14. The van der Waals surface area contributed by atoms with Crippen molar-refractivity contribution in [2.75, 3.05) is 11.5 Å². The number of halogens is 1. The van der Waals surface area contributed by atoms with Crippen LogP contribution in [-0.4, -0.2) is 29.0 Å². The van der Waals surface area contributed by atoms with Gasteiger partial charge in [0.05, 0.1) is 5.70 Å². The molecule has 12 heavy (non-hydrogen) atoms. The molecule has 0 spiro atoms. The molecule has 0 aromatic rings. The Morgan fingerprint density at radius 2 is 2.50 bits per heavy atom. The van der Waals surface area contributed by atoms with E-state index in [1.54, 1.807) is 7.11 Å². The average molecular weight is 285 g/mol. The first-order valence-corrected chi connectivity index (χ1v) is 5.13. The van der Waals surface area contributed by atoms with E-state index in [9.17, 15) is 5.11 Å². The topological polar surface area (TPSA) is 64.7 Å². The number of nitrogens with two attached hydrogens (primary N) is 1. The van der Waals surface area contributed by atoms with Crippen molar-refractivity contribution in [1.29, 1.82) is 0 Å². The Kier molecular flexibility index (Phi) is 3.60. The summed E-state index contributed by atoms with van der Waals surface area (Å²) in [6, 6.07) is 0. The van der Waals surface area contributed by atoms with E-state index < -0.39 is 0 Å². The summed E-state index contributed by atoms with van der Waals surface area (Å²) in [5.41, 5.74) is 6.04. The number of alkyl halides is 1. The van der Waals surface area contributed by atoms with Crippen molar-refractivity contribution in [2.24, 2.45) is 5.73 Å². The van der Waals surface area contributed by atoms with Gasteiger partial charge in [0.2, 0.25) is 0 Å². The fraction of sp³-hybridized carbons (Fsp3) is 0.714. The van der Waals surface area contributed by atoms with Crippen LogP contribution in [-0.2, 0) is 9.47 Å². The number of methoxy groups -OCH3 is 1. The molecule has 0 aromatic carbocycles. The maximum Gasteiger partial charge on any atom is 0.163 e. The van der Waals surface area contributed by atoms with Gasteiger partial charge in [-0.1, -0.05) is 22.6 Å². The Balaban J connectivity index is 2.71. The van der Waals surface area contributed by atoms with Gasteiger partial charge >= 0.3 is 0 Å². The van der Waals surface area contributed by atoms with E-state index in [1.807, 2.05) is 0 Å². The van der Waals surface area contributed by atoms with E-state index in [1.165, 1.54) is 0 Å². The maximum atomic E-state index is 9.42. The minimum atomic E-state index is -0.319. The van der Waals surface area contributed by atoms with Crippen LogP contribution in [0.4, 0.5) is 0 Å². The lowest BCUT2D eigenvalue weighted by molar-refractivity contribution is -0.155. The van der Waals surface area contributed by atoms with Gasteiger partial charge in [0.1, 0.15) is 11.9 Å². The quantitative estimate of drug-likeness (QED) is 0.584. The van der Waals surface area contributed by atoms with Gasteiger partial charge in [-0.3, -0.25) is 0 Å². The Labute approximate surface area is 84.9 Å². The van der Waals surface area contributed by atoms with Crippen LogP contribution in [0.1, 0.15) is 6.42 Å². The molecular weight excluding hydrogens is 273 g/mol. The molecular formula is C7H12INO3. The first-order valence-electron chi connectivity index (χ1n) is 3.60. The molecule has 0 saturated heterocycles. The zero-order valence-corrected chi connectivity index (χ0v) is 8.95. The summed E-state index contributed by atoms with van der Waals surface area (Å²) in [6.07, 6.45) is -0.194. The van der Waals surface area contributed by atoms with Crippen LogP contribution in [0.25, 0.3) is 0 Å². The third-order valence-electron chi connectivity index (χ3n) is 1.74. The normalized spacial score (nSPS) is 30.8. The Bertz CT molecular complexity index is 195. The highest BCUT2D eigenvalue weighted by atomic mass is 127. The van der Waals surface area contributed by atoms with E-state index in [-0.39, 0.29) is 18.2 Å². The molecule has 0 aliphatic carbocycles. The second-order valence-electron chi connectivity index (χ2n) is 2.56. The first kappa shape index (κ1) is 10.1. The first-order chi connectivity index (χ1) is 5.69. The number of aliphatic hydroxyl groups excluding tert-OH is 1. The van der Waals surface area contributed by atoms with Crippen LogP contribution in [0, 0.1) is 0 Å². The van der Waals surface area contributed by atoms with Gasteiger partial charge in [0.15, 0.2) is 6.29 Å². The maximum absolute atomic E-state index is 9.42. The summed E-state index contributed by atoms with van der Waals surface area (Å²) < 4.78 is 11.0. The highest BCUT2D eigenvalue weighted by molar-refractivity contribution is 14.1. The molecule has 0 radical (unpaired) electrons. The van der Waals surface area contributed by atoms with Gasteiger partial charge in [-0.25, -0.2) is 0 Å². The van der Waals surface area contributed by atoms with Crippen LogP contribution in [0.3, 0.4) is 0 Å². The van der Waals surface area contributed by atoms with Gasteiger partial charge in [0, 0.05) is 18.0 Å². The number of hydrogen-bond donors (Lipinski definition) is 2. The fourth-order valence-corrected chi connectivity index (χ4v) is 1.66. The lowest BCUT2D eigenvalue weighted by Gasteiger charge is -2.28. The van der Waals surface area contributed by atoms with Crippen molar-refractivity contribution in [3.8, 4) is 0 Å². The molecule has 1 rings (SSSR count). The van der Waals surface area contributed by atoms with Gasteiger partial charge in [-0.15, -0.1) is 0 Å². The minimum Gasteiger partial charge on any atom is -0.508 e. The average Bonchev–Trinajstić information content (AvgIpc) is 2.09. The van der Waals surface area contributed by atoms with Crippen molar-refractivity contribution in [1.82, 2.24) is 0 Å². The molecule has 0 bridgehead atoms. The largest absolute Gasteiger partial charge is 0.508 e. The van der Waals surface area contributed by atoms with Crippen molar-refractivity contribution in [3.63, 3.8) is 0 Å². The van der Waals surface area contributed by atoms with Gasteiger partial charge in [0.25, 0.3) is 0 Å². The lowest BCUT2D eigenvalue weighted by atomic mass is 10.1. The molecule has 2 atom stereocenters. The molecule has 0 fully saturated rings. The van der Waals surface area contributed by atoms with Crippen LogP contribution >= 0.6 is 22.6 Å². The van der Waals surface area contributed by atoms with Crippen LogP contribution in [0.5, 0.6) is 0 Å². The highest BCUT2D eigenvalue weighted by Gasteiger charge is 2.27. The molecule has 4 nitrogen and oxygen atoms in total. The van der Waals surface area contributed by atoms with Crippen LogP contribution in [0.15, 0.2) is 11.5 Å². The molecule has 1 unspecified atom stereocenters. The van der Waals surface area contributed by atoms with Crippen LogP contribution < -0.4 is 5.73 Å². The van der Waals surface area contributed by atoms with Crippen molar-refractivity contribution in [2.45, 2.75) is 18.8 Å². The predicted molar refractivity (Wildman–Crippen MR) is 53.0 cm³/mol. The standard InChI is InChI=1S/C7H12INO3/c1-11-6-2-4(9)7(10)5(3-8)12-6/h5-6,10H,2-3,9H2,1H3/t5?,6-/m1/s1. The molecule has 0 amide bonds. The number of rotatable bonds is 2. The van der Waals surface area contributed by atoms with Crippen molar-refractivity contribution < 1.29 is 14.6 Å². The Morgan fingerprint density at radius 3 is 3.00 bits per heavy atom. The lowest BCUT2D eigenvalue weighted by Crippen LogP contribution is -2.34. The third-order valence-corrected chi connectivity index (χ3v) is 2.54. The van der Waals surface area contributed by atoms with Gasteiger partial charge < -0.3 is 20.3 Å². The van der Waals surface area contributed by atoms with Gasteiger partial charge in [-0.2, -0.15) is 0 Å². The molecule has 1 heterocycles. The summed E-state index contributed by atoms with van der Waals surface area (Å²) in [6.45, 7) is 0. The smallest absolute Gasteiger partial charge is 0.163 e.